The number of aryl methyl sites for hydroxylation is 1. The standard InChI is InChI=1S/C33H43N3O8S/c1-9-27(33(38)34-22(2)3)35(20-24-12-10-11-23(4)17-24)32(37)21-36(28-18-25(41-5)13-15-29(28)42-6)45(39,40)26-14-16-30(43-7)31(19-26)44-8/h10-19,22,27H,9,20-21H2,1-8H3,(H,34,38)/t27-/m1/s1. The largest absolute Gasteiger partial charge is 0.497 e. The van der Waals surface area contributed by atoms with E-state index in [2.05, 4.69) is 5.32 Å². The number of benzene rings is 3. The lowest BCUT2D eigenvalue weighted by Crippen LogP contribution is -2.53. The first kappa shape index (κ1) is 35.0. The molecule has 0 aliphatic carbocycles. The second kappa shape index (κ2) is 15.5. The van der Waals surface area contributed by atoms with Crippen molar-refractivity contribution in [3.8, 4) is 23.0 Å². The quantitative estimate of drug-likeness (QED) is 0.256. The maximum absolute atomic E-state index is 14.4. The highest BCUT2D eigenvalue weighted by Crippen LogP contribution is 2.38. The number of nitrogens with one attached hydrogen (secondary N) is 1. The first-order valence-corrected chi connectivity index (χ1v) is 16.0. The molecule has 0 saturated carbocycles. The molecule has 0 saturated heterocycles. The Morgan fingerprint density at radius 1 is 0.844 bits per heavy atom. The Bertz CT molecular complexity index is 1590. The first-order valence-electron chi connectivity index (χ1n) is 14.5. The van der Waals surface area contributed by atoms with Gasteiger partial charge in [0.25, 0.3) is 10.0 Å². The molecule has 11 nitrogen and oxygen atoms in total. The SMILES string of the molecule is CC[C@H](C(=O)NC(C)C)N(Cc1cccc(C)c1)C(=O)CN(c1cc(OC)ccc1OC)S(=O)(=O)c1ccc(OC)c(OC)c1. The van der Waals surface area contributed by atoms with Gasteiger partial charge >= 0.3 is 0 Å². The van der Waals surface area contributed by atoms with Gasteiger partial charge < -0.3 is 29.2 Å². The van der Waals surface area contributed by atoms with Gasteiger partial charge in [0, 0.05) is 24.7 Å². The van der Waals surface area contributed by atoms with Crippen LogP contribution in [0, 0.1) is 6.92 Å². The molecule has 0 radical (unpaired) electrons. The molecule has 3 aromatic rings. The number of hydrogen-bond acceptors (Lipinski definition) is 8. The molecular formula is C33H43N3O8S. The van der Waals surface area contributed by atoms with Crippen molar-refractivity contribution in [1.82, 2.24) is 10.2 Å². The van der Waals surface area contributed by atoms with Crippen molar-refractivity contribution in [2.24, 2.45) is 0 Å². The topological polar surface area (TPSA) is 124 Å². The second-order valence-corrected chi connectivity index (χ2v) is 12.5. The molecule has 0 spiro atoms. The monoisotopic (exact) mass is 641 g/mol. The Hall–Kier alpha value is -4.45. The molecule has 1 N–H and O–H groups in total. The van der Waals surface area contributed by atoms with Crippen molar-refractivity contribution in [1.29, 1.82) is 0 Å². The van der Waals surface area contributed by atoms with E-state index in [1.54, 1.807) is 12.1 Å². The maximum Gasteiger partial charge on any atom is 0.265 e. The van der Waals surface area contributed by atoms with Crippen LogP contribution in [0.3, 0.4) is 0 Å². The van der Waals surface area contributed by atoms with Gasteiger partial charge in [-0.15, -0.1) is 0 Å². The fourth-order valence-electron chi connectivity index (χ4n) is 4.92. The van der Waals surface area contributed by atoms with E-state index in [0.717, 1.165) is 15.4 Å². The minimum absolute atomic E-state index is 0.0789. The van der Waals surface area contributed by atoms with E-state index < -0.39 is 28.5 Å². The zero-order chi connectivity index (χ0) is 33.3. The third-order valence-electron chi connectivity index (χ3n) is 7.13. The lowest BCUT2D eigenvalue weighted by Gasteiger charge is -2.34. The number of rotatable bonds is 15. The van der Waals surface area contributed by atoms with Crippen molar-refractivity contribution >= 4 is 27.5 Å². The number of ether oxygens (including phenoxy) is 4. The highest BCUT2D eigenvalue weighted by molar-refractivity contribution is 7.92. The average Bonchev–Trinajstić information content (AvgIpc) is 3.02. The van der Waals surface area contributed by atoms with Gasteiger partial charge in [-0.2, -0.15) is 0 Å². The Morgan fingerprint density at radius 2 is 1.51 bits per heavy atom. The molecule has 45 heavy (non-hydrogen) atoms. The molecule has 244 valence electrons. The summed E-state index contributed by atoms with van der Waals surface area (Å²) in [7, 11) is 1.27. The summed E-state index contributed by atoms with van der Waals surface area (Å²) in [5.41, 5.74) is 1.86. The lowest BCUT2D eigenvalue weighted by atomic mass is 10.1. The van der Waals surface area contributed by atoms with Crippen molar-refractivity contribution in [2.75, 3.05) is 39.3 Å². The van der Waals surface area contributed by atoms with Crippen LogP contribution >= 0.6 is 0 Å². The number of hydrogen-bond donors (Lipinski definition) is 1. The van der Waals surface area contributed by atoms with E-state index in [9.17, 15) is 18.0 Å². The molecule has 3 rings (SSSR count). The fourth-order valence-corrected chi connectivity index (χ4v) is 6.35. The first-order chi connectivity index (χ1) is 21.4. The Morgan fingerprint density at radius 3 is 2.09 bits per heavy atom. The Balaban J connectivity index is 2.20. The van der Waals surface area contributed by atoms with Crippen molar-refractivity contribution in [3.63, 3.8) is 0 Å². The normalized spacial score (nSPS) is 11.8. The zero-order valence-corrected chi connectivity index (χ0v) is 27.9. The summed E-state index contributed by atoms with van der Waals surface area (Å²) < 4.78 is 51.4. The molecule has 0 bridgehead atoms. The molecule has 0 aliphatic rings. The number of methoxy groups -OCH3 is 4. The molecular weight excluding hydrogens is 598 g/mol. The van der Waals surface area contributed by atoms with Crippen molar-refractivity contribution in [3.05, 3.63) is 71.8 Å². The summed E-state index contributed by atoms with van der Waals surface area (Å²) in [5.74, 6) is 0.162. The number of amides is 2. The minimum atomic E-state index is -4.43. The fraction of sp³-hybridized carbons (Fsp3) is 0.394. The minimum Gasteiger partial charge on any atom is -0.497 e. The summed E-state index contributed by atoms with van der Waals surface area (Å²) in [5, 5.41) is 2.90. The van der Waals surface area contributed by atoms with Crippen LogP contribution in [0.5, 0.6) is 23.0 Å². The molecule has 0 aromatic heterocycles. The number of carbonyl (C=O) groups excluding carboxylic acids is 2. The molecule has 0 aliphatic heterocycles. The predicted octanol–water partition coefficient (Wildman–Crippen LogP) is 4.56. The van der Waals surface area contributed by atoms with Gasteiger partial charge in [0.1, 0.15) is 24.1 Å². The van der Waals surface area contributed by atoms with E-state index in [1.807, 2.05) is 52.0 Å². The van der Waals surface area contributed by atoms with Crippen LogP contribution in [0.4, 0.5) is 5.69 Å². The van der Waals surface area contributed by atoms with Crippen LogP contribution < -0.4 is 28.6 Å². The summed E-state index contributed by atoms with van der Waals surface area (Å²) in [4.78, 5) is 29.0. The van der Waals surface area contributed by atoms with Gasteiger partial charge in [-0.1, -0.05) is 36.8 Å². The molecule has 1 atom stereocenters. The summed E-state index contributed by atoms with van der Waals surface area (Å²) in [6.07, 6.45) is 0.307. The van der Waals surface area contributed by atoms with Crippen LogP contribution in [0.2, 0.25) is 0 Å². The van der Waals surface area contributed by atoms with Crippen molar-refractivity contribution in [2.45, 2.75) is 57.6 Å². The number of sulfonamides is 1. The third-order valence-corrected chi connectivity index (χ3v) is 8.88. The van der Waals surface area contributed by atoms with Crippen LogP contribution in [0.15, 0.2) is 65.6 Å². The second-order valence-electron chi connectivity index (χ2n) is 10.7. The van der Waals surface area contributed by atoms with Crippen LogP contribution in [-0.2, 0) is 26.2 Å². The van der Waals surface area contributed by atoms with E-state index in [4.69, 9.17) is 18.9 Å². The highest BCUT2D eigenvalue weighted by Gasteiger charge is 2.35. The van der Waals surface area contributed by atoms with E-state index in [-0.39, 0.29) is 40.6 Å². The van der Waals surface area contributed by atoms with Gasteiger partial charge in [0.2, 0.25) is 11.8 Å². The van der Waals surface area contributed by atoms with Crippen LogP contribution in [-0.4, -0.2) is 72.2 Å². The van der Waals surface area contributed by atoms with E-state index >= 15 is 0 Å². The summed E-state index contributed by atoms with van der Waals surface area (Å²) in [6.45, 7) is 6.87. The van der Waals surface area contributed by atoms with E-state index in [1.165, 1.54) is 57.6 Å². The van der Waals surface area contributed by atoms with E-state index in [0.29, 0.717) is 17.9 Å². The Labute approximate surface area is 266 Å². The van der Waals surface area contributed by atoms with Gasteiger partial charge in [-0.3, -0.25) is 13.9 Å². The molecule has 0 unspecified atom stereocenters. The maximum atomic E-state index is 14.4. The summed E-state index contributed by atoms with van der Waals surface area (Å²) >= 11 is 0. The van der Waals surface area contributed by atoms with Crippen LogP contribution in [0.25, 0.3) is 0 Å². The molecule has 2 amide bonds. The zero-order valence-electron chi connectivity index (χ0n) is 27.1. The smallest absolute Gasteiger partial charge is 0.265 e. The van der Waals surface area contributed by atoms with Gasteiger partial charge in [-0.25, -0.2) is 8.42 Å². The molecule has 0 fully saturated rings. The average molecular weight is 642 g/mol. The lowest BCUT2D eigenvalue weighted by molar-refractivity contribution is -0.140. The van der Waals surface area contributed by atoms with Crippen molar-refractivity contribution < 1.29 is 37.0 Å². The number of nitrogens with zero attached hydrogens (tertiary/aromatic N) is 2. The van der Waals surface area contributed by atoms with Gasteiger partial charge in [-0.05, 0) is 57.0 Å². The van der Waals surface area contributed by atoms with Gasteiger partial charge in [0.15, 0.2) is 11.5 Å². The summed E-state index contributed by atoms with van der Waals surface area (Å²) in [6, 6.07) is 15.4. The Kier molecular flexibility index (Phi) is 12.1. The highest BCUT2D eigenvalue weighted by atomic mass is 32.2. The van der Waals surface area contributed by atoms with Gasteiger partial charge in [0.05, 0.1) is 39.0 Å². The number of anilines is 1. The molecule has 3 aromatic carbocycles. The van der Waals surface area contributed by atoms with Crippen LogP contribution in [0.1, 0.15) is 38.3 Å². The third kappa shape index (κ3) is 8.39. The molecule has 0 heterocycles. The number of carbonyl (C=O) groups is 2. The molecule has 12 heteroatoms. The predicted molar refractivity (Wildman–Crippen MR) is 173 cm³/mol.